The zero-order valence-electron chi connectivity index (χ0n) is 23.0. The van der Waals surface area contributed by atoms with E-state index < -0.39 is 0 Å². The van der Waals surface area contributed by atoms with Crippen LogP contribution in [0.5, 0.6) is 34.5 Å². The first-order chi connectivity index (χ1) is 19.8. The summed E-state index contributed by atoms with van der Waals surface area (Å²) in [7, 11) is 7.16. The molecule has 0 saturated heterocycles. The molecule has 15 heteroatoms. The van der Waals surface area contributed by atoms with Gasteiger partial charge < -0.3 is 51.2 Å². The molecule has 0 bridgehead atoms. The van der Waals surface area contributed by atoms with Crippen molar-refractivity contribution in [2.45, 2.75) is 12.8 Å². The Labute approximate surface area is 237 Å². The average molecular weight is 561 g/mol. The monoisotopic (exact) mass is 561 g/mol. The standard InChI is InChI=1S/C26H30BN8O6/c1-36-17-7-13(5-15-11-32-25(30)34-23(15)28)8-18(37-2)21(17)40-27-41-22-19(38-3)9-14(10-20(22)39-4)6-16-12-33-26(31)35-24(16)29/h7-12H,5-6H2,1-4H3,(H4,28,30,32,34)(H4,29,31,33,35). The summed E-state index contributed by atoms with van der Waals surface area (Å²) in [5.41, 5.74) is 26.2. The number of nitrogens with zero attached hydrogens (tertiary/aromatic N) is 4. The highest BCUT2D eigenvalue weighted by atomic mass is 16.6. The highest BCUT2D eigenvalue weighted by molar-refractivity contribution is 6.21. The van der Waals surface area contributed by atoms with E-state index in [9.17, 15) is 0 Å². The van der Waals surface area contributed by atoms with E-state index in [-0.39, 0.29) is 35.0 Å². The van der Waals surface area contributed by atoms with E-state index in [0.717, 1.165) is 18.8 Å². The van der Waals surface area contributed by atoms with Crippen LogP contribution in [0.15, 0.2) is 36.7 Å². The zero-order valence-corrected chi connectivity index (χ0v) is 23.0. The van der Waals surface area contributed by atoms with Crippen LogP contribution in [0.1, 0.15) is 22.3 Å². The summed E-state index contributed by atoms with van der Waals surface area (Å²) in [6.07, 6.45) is 3.97. The van der Waals surface area contributed by atoms with Crippen molar-refractivity contribution in [2.75, 3.05) is 51.4 Å². The van der Waals surface area contributed by atoms with E-state index in [1.54, 1.807) is 36.7 Å². The number of methoxy groups -OCH3 is 4. The summed E-state index contributed by atoms with van der Waals surface area (Å²) in [6, 6.07) is 7.13. The van der Waals surface area contributed by atoms with Gasteiger partial charge in [0, 0.05) is 36.4 Å². The van der Waals surface area contributed by atoms with Crippen molar-refractivity contribution in [1.29, 1.82) is 0 Å². The highest BCUT2D eigenvalue weighted by Crippen LogP contribution is 2.41. The first kappa shape index (κ1) is 28.7. The van der Waals surface area contributed by atoms with Crippen LogP contribution in [-0.4, -0.2) is 56.1 Å². The fourth-order valence-electron chi connectivity index (χ4n) is 4.01. The number of benzene rings is 2. The normalized spacial score (nSPS) is 10.5. The molecular formula is C26H30BN8O6. The largest absolute Gasteiger partial charge is 0.658 e. The Morgan fingerprint density at radius 1 is 0.585 bits per heavy atom. The quantitative estimate of drug-likeness (QED) is 0.182. The summed E-state index contributed by atoms with van der Waals surface area (Å²) < 4.78 is 33.9. The van der Waals surface area contributed by atoms with Gasteiger partial charge >= 0.3 is 7.69 Å². The SMILES string of the molecule is COc1cc(Cc2cnc(N)nc2N)cc(OC)c1O[B]Oc1c(OC)cc(Cc2cnc(N)nc2N)cc1OC. The number of rotatable bonds is 12. The molecule has 2 aromatic heterocycles. The van der Waals surface area contributed by atoms with Crippen molar-refractivity contribution in [3.05, 3.63) is 58.9 Å². The van der Waals surface area contributed by atoms with Crippen LogP contribution in [0.3, 0.4) is 0 Å². The molecule has 2 heterocycles. The van der Waals surface area contributed by atoms with Gasteiger partial charge in [-0.1, -0.05) is 0 Å². The number of ether oxygens (including phenoxy) is 4. The predicted octanol–water partition coefficient (Wildman–Crippen LogP) is 1.80. The summed E-state index contributed by atoms with van der Waals surface area (Å²) in [5, 5.41) is 0. The minimum atomic E-state index is 0.102. The molecule has 213 valence electrons. The number of anilines is 4. The lowest BCUT2D eigenvalue weighted by Gasteiger charge is -2.18. The van der Waals surface area contributed by atoms with Crippen LogP contribution < -0.4 is 51.2 Å². The summed E-state index contributed by atoms with van der Waals surface area (Å²) >= 11 is 0. The van der Waals surface area contributed by atoms with Gasteiger partial charge in [0.05, 0.1) is 28.4 Å². The molecule has 0 aliphatic heterocycles. The van der Waals surface area contributed by atoms with Crippen LogP contribution in [0.25, 0.3) is 0 Å². The van der Waals surface area contributed by atoms with Crippen molar-refractivity contribution in [2.24, 2.45) is 0 Å². The van der Waals surface area contributed by atoms with Gasteiger partial charge in [-0.25, -0.2) is 9.97 Å². The van der Waals surface area contributed by atoms with Crippen molar-refractivity contribution in [3.63, 3.8) is 0 Å². The Kier molecular flexibility index (Phi) is 8.87. The van der Waals surface area contributed by atoms with Gasteiger partial charge in [-0.05, 0) is 35.4 Å². The van der Waals surface area contributed by atoms with Gasteiger partial charge in [0.25, 0.3) is 0 Å². The van der Waals surface area contributed by atoms with E-state index in [1.807, 2.05) is 0 Å². The third-order valence-electron chi connectivity index (χ3n) is 6.00. The highest BCUT2D eigenvalue weighted by Gasteiger charge is 2.20. The van der Waals surface area contributed by atoms with Crippen molar-refractivity contribution >= 4 is 31.2 Å². The fourth-order valence-corrected chi connectivity index (χ4v) is 4.01. The molecule has 0 spiro atoms. The number of nitrogens with two attached hydrogens (primary N) is 4. The lowest BCUT2D eigenvalue weighted by atomic mass is 10.0. The minimum Gasteiger partial charge on any atom is -0.521 e. The molecule has 0 amide bonds. The molecule has 4 aromatic rings. The summed E-state index contributed by atoms with van der Waals surface area (Å²) in [5.74, 6) is 2.93. The first-order valence-electron chi connectivity index (χ1n) is 12.1. The van der Waals surface area contributed by atoms with Crippen LogP contribution >= 0.6 is 0 Å². The number of hydrogen-bond donors (Lipinski definition) is 4. The van der Waals surface area contributed by atoms with Crippen molar-refractivity contribution in [1.82, 2.24) is 19.9 Å². The number of aromatic nitrogens is 4. The molecule has 0 saturated carbocycles. The Morgan fingerprint density at radius 2 is 0.927 bits per heavy atom. The number of nitrogen functional groups attached to an aromatic ring is 4. The maximum absolute atomic E-state index is 5.99. The van der Waals surface area contributed by atoms with Gasteiger partial charge in [0.1, 0.15) is 11.6 Å². The molecule has 1 radical (unpaired) electrons. The number of hydrogen-bond acceptors (Lipinski definition) is 14. The predicted molar refractivity (Wildman–Crippen MR) is 153 cm³/mol. The van der Waals surface area contributed by atoms with E-state index >= 15 is 0 Å². The van der Waals surface area contributed by atoms with Crippen molar-refractivity contribution in [3.8, 4) is 34.5 Å². The average Bonchev–Trinajstić information content (AvgIpc) is 2.96. The summed E-state index contributed by atoms with van der Waals surface area (Å²) in [6.45, 7) is 0. The van der Waals surface area contributed by atoms with E-state index in [1.165, 1.54) is 28.4 Å². The van der Waals surface area contributed by atoms with E-state index in [4.69, 9.17) is 51.2 Å². The molecule has 2 aromatic carbocycles. The first-order valence-corrected chi connectivity index (χ1v) is 12.1. The Morgan fingerprint density at radius 3 is 1.22 bits per heavy atom. The fraction of sp³-hybridized carbons (Fsp3) is 0.231. The molecule has 8 N–H and O–H groups in total. The van der Waals surface area contributed by atoms with Gasteiger partial charge in [0.2, 0.25) is 11.9 Å². The molecule has 0 unspecified atom stereocenters. The smallest absolute Gasteiger partial charge is 0.521 e. The molecule has 0 aliphatic carbocycles. The molecule has 0 aliphatic rings. The Bertz CT molecular complexity index is 1380. The molecule has 0 atom stereocenters. The van der Waals surface area contributed by atoms with Crippen LogP contribution in [0.2, 0.25) is 0 Å². The van der Waals surface area contributed by atoms with Gasteiger partial charge in [-0.2, -0.15) is 9.97 Å². The van der Waals surface area contributed by atoms with Crippen LogP contribution in [0, 0.1) is 0 Å². The Balaban J connectivity index is 1.53. The van der Waals surface area contributed by atoms with Crippen LogP contribution in [-0.2, 0) is 12.8 Å². The molecule has 4 rings (SSSR count). The maximum Gasteiger partial charge on any atom is 0.658 e. The maximum atomic E-state index is 5.99. The lowest BCUT2D eigenvalue weighted by Crippen LogP contribution is -2.14. The Hall–Kier alpha value is -5.34. The van der Waals surface area contributed by atoms with E-state index in [2.05, 4.69) is 19.9 Å². The van der Waals surface area contributed by atoms with Crippen LogP contribution in [0.4, 0.5) is 23.5 Å². The third-order valence-corrected chi connectivity index (χ3v) is 6.00. The molecule has 0 fully saturated rings. The molecule has 14 nitrogen and oxygen atoms in total. The third kappa shape index (κ3) is 6.63. The second kappa shape index (κ2) is 12.7. The van der Waals surface area contributed by atoms with Crippen molar-refractivity contribution < 1.29 is 28.3 Å². The lowest BCUT2D eigenvalue weighted by molar-refractivity contribution is 0.336. The molecular weight excluding hydrogens is 531 g/mol. The van der Waals surface area contributed by atoms with Gasteiger partial charge in [-0.15, -0.1) is 0 Å². The second-order valence-corrected chi connectivity index (χ2v) is 8.62. The summed E-state index contributed by atoms with van der Waals surface area (Å²) in [4.78, 5) is 16.0. The zero-order chi connectivity index (χ0) is 29.5. The van der Waals surface area contributed by atoms with E-state index in [0.29, 0.717) is 47.0 Å². The van der Waals surface area contributed by atoms with Gasteiger partial charge in [-0.3, -0.25) is 0 Å². The molecule has 41 heavy (non-hydrogen) atoms. The minimum absolute atomic E-state index is 0.102. The second-order valence-electron chi connectivity index (χ2n) is 8.62. The van der Waals surface area contributed by atoms with Gasteiger partial charge in [0.15, 0.2) is 34.5 Å². The topological polar surface area (TPSA) is 211 Å².